The van der Waals surface area contributed by atoms with Crippen LogP contribution in [0.1, 0.15) is 26.3 Å². The smallest absolute Gasteiger partial charge is 0.330 e. The molecule has 1 amide bonds. The van der Waals surface area contributed by atoms with Gasteiger partial charge in [-0.25, -0.2) is 9.78 Å². The number of hydrogen-bond donors (Lipinski definition) is 2. The van der Waals surface area contributed by atoms with Crippen molar-refractivity contribution < 1.29 is 14.7 Å². The first-order chi connectivity index (χ1) is 9.49. The Bertz CT molecular complexity index is 657. The van der Waals surface area contributed by atoms with E-state index in [-0.39, 0.29) is 0 Å². The average Bonchev–Trinajstić information content (AvgIpc) is 2.83. The molecular weight excluding hydrogens is 300 g/mol. The van der Waals surface area contributed by atoms with Crippen molar-refractivity contribution in [1.29, 1.82) is 0 Å². The van der Waals surface area contributed by atoms with Crippen molar-refractivity contribution in [3.8, 4) is 0 Å². The molecule has 0 aliphatic rings. The molecule has 5 nitrogen and oxygen atoms in total. The van der Waals surface area contributed by atoms with Gasteiger partial charge in [0.1, 0.15) is 4.88 Å². The van der Waals surface area contributed by atoms with Gasteiger partial charge >= 0.3 is 5.97 Å². The molecule has 0 bridgehead atoms. The van der Waals surface area contributed by atoms with Gasteiger partial charge in [0, 0.05) is 10.6 Å². The summed E-state index contributed by atoms with van der Waals surface area (Å²) in [6, 6.07) is 5.31. The highest BCUT2D eigenvalue weighted by Gasteiger charge is 2.25. The quantitative estimate of drug-likeness (QED) is 0.910. The van der Waals surface area contributed by atoms with Crippen LogP contribution in [0.5, 0.6) is 0 Å². The van der Waals surface area contributed by atoms with Gasteiger partial charge in [-0.2, -0.15) is 0 Å². The number of rotatable bonds is 4. The van der Waals surface area contributed by atoms with Gasteiger partial charge in [0.05, 0.1) is 11.2 Å². The van der Waals surface area contributed by atoms with Gasteiger partial charge in [-0.3, -0.25) is 4.79 Å². The maximum Gasteiger partial charge on any atom is 0.330 e. The van der Waals surface area contributed by atoms with E-state index in [1.54, 1.807) is 31.2 Å². The highest BCUT2D eigenvalue weighted by atomic mass is 35.5. The number of carboxylic acid groups (broad SMARTS) is 1. The van der Waals surface area contributed by atoms with Crippen molar-refractivity contribution in [2.75, 3.05) is 0 Å². The maximum atomic E-state index is 12.0. The summed E-state index contributed by atoms with van der Waals surface area (Å²) >= 11 is 7.17. The summed E-state index contributed by atoms with van der Waals surface area (Å²) in [4.78, 5) is 27.7. The summed E-state index contributed by atoms with van der Waals surface area (Å²) in [6.45, 7) is 1.77. The lowest BCUT2D eigenvalue weighted by atomic mass is 10.1. The van der Waals surface area contributed by atoms with Crippen LogP contribution in [-0.2, 0) is 4.79 Å². The van der Waals surface area contributed by atoms with E-state index >= 15 is 0 Å². The van der Waals surface area contributed by atoms with Crippen LogP contribution in [0.25, 0.3) is 0 Å². The van der Waals surface area contributed by atoms with Crippen LogP contribution < -0.4 is 5.32 Å². The van der Waals surface area contributed by atoms with Crippen molar-refractivity contribution >= 4 is 34.8 Å². The number of carboxylic acids is 1. The van der Waals surface area contributed by atoms with Crippen LogP contribution in [0, 0.1) is 6.92 Å². The molecule has 0 aliphatic carbocycles. The number of nitrogens with one attached hydrogen (secondary N) is 1. The van der Waals surface area contributed by atoms with E-state index < -0.39 is 17.9 Å². The molecule has 2 N–H and O–H groups in total. The van der Waals surface area contributed by atoms with Gasteiger partial charge in [0.15, 0.2) is 6.04 Å². The molecule has 0 unspecified atom stereocenters. The number of amides is 1. The van der Waals surface area contributed by atoms with Crippen LogP contribution in [0.15, 0.2) is 30.5 Å². The molecule has 0 saturated carbocycles. The molecule has 0 aliphatic heterocycles. The minimum absolute atomic E-state index is 0.292. The summed E-state index contributed by atoms with van der Waals surface area (Å²) in [7, 11) is 0. The van der Waals surface area contributed by atoms with Crippen LogP contribution in [0.2, 0.25) is 5.02 Å². The number of aliphatic carboxylic acids is 1. The van der Waals surface area contributed by atoms with E-state index in [9.17, 15) is 14.7 Å². The van der Waals surface area contributed by atoms with E-state index in [0.717, 1.165) is 5.01 Å². The van der Waals surface area contributed by atoms with Crippen LogP contribution >= 0.6 is 22.9 Å². The molecule has 0 spiro atoms. The highest BCUT2D eigenvalue weighted by Crippen LogP contribution is 2.23. The number of nitrogens with zero attached hydrogens (tertiary/aromatic N) is 1. The van der Waals surface area contributed by atoms with Gasteiger partial charge in [0.25, 0.3) is 5.91 Å². The molecular formula is C13H11ClN2O3S. The Morgan fingerprint density at radius 1 is 1.40 bits per heavy atom. The fourth-order valence-electron chi connectivity index (χ4n) is 1.65. The Morgan fingerprint density at radius 3 is 2.65 bits per heavy atom. The third-order valence-electron chi connectivity index (χ3n) is 2.58. The van der Waals surface area contributed by atoms with Crippen LogP contribution in [0.4, 0.5) is 0 Å². The maximum absolute atomic E-state index is 12.0. The second kappa shape index (κ2) is 6.02. The summed E-state index contributed by atoms with van der Waals surface area (Å²) in [6.07, 6.45) is 1.42. The van der Waals surface area contributed by atoms with Crippen molar-refractivity contribution in [3.63, 3.8) is 0 Å². The van der Waals surface area contributed by atoms with Gasteiger partial charge in [-0.05, 0) is 13.0 Å². The van der Waals surface area contributed by atoms with E-state index in [2.05, 4.69) is 10.3 Å². The van der Waals surface area contributed by atoms with Crippen molar-refractivity contribution in [2.24, 2.45) is 0 Å². The fourth-order valence-corrected chi connectivity index (χ4v) is 2.58. The largest absolute Gasteiger partial charge is 0.479 e. The number of carbonyl (C=O) groups is 2. The summed E-state index contributed by atoms with van der Waals surface area (Å²) in [5.41, 5.74) is 0.344. The molecule has 1 aromatic carbocycles. The lowest BCUT2D eigenvalue weighted by Gasteiger charge is -2.15. The number of aryl methyl sites for hydroxylation is 1. The van der Waals surface area contributed by atoms with Gasteiger partial charge < -0.3 is 10.4 Å². The molecule has 7 heteroatoms. The molecule has 1 atom stereocenters. The molecule has 20 heavy (non-hydrogen) atoms. The Morgan fingerprint density at radius 2 is 2.10 bits per heavy atom. The zero-order valence-electron chi connectivity index (χ0n) is 10.5. The van der Waals surface area contributed by atoms with Gasteiger partial charge in [-0.15, -0.1) is 11.3 Å². The summed E-state index contributed by atoms with van der Waals surface area (Å²) < 4.78 is 0. The first-order valence-corrected chi connectivity index (χ1v) is 6.89. The van der Waals surface area contributed by atoms with Crippen LogP contribution in [0.3, 0.4) is 0 Å². The third-order valence-corrected chi connectivity index (χ3v) is 3.84. The molecule has 104 valence electrons. The molecule has 0 radical (unpaired) electrons. The Kier molecular flexibility index (Phi) is 4.36. The Labute approximate surface area is 124 Å². The molecule has 0 fully saturated rings. The predicted molar refractivity (Wildman–Crippen MR) is 76.1 cm³/mol. The monoisotopic (exact) mass is 310 g/mol. The first-order valence-electron chi connectivity index (χ1n) is 5.69. The Hall–Kier alpha value is -1.92. The first kappa shape index (κ1) is 14.5. The normalized spacial score (nSPS) is 11.9. The number of thiazole rings is 1. The summed E-state index contributed by atoms with van der Waals surface area (Å²) in [5, 5.41) is 12.7. The highest BCUT2D eigenvalue weighted by molar-refractivity contribution is 7.13. The average molecular weight is 311 g/mol. The van der Waals surface area contributed by atoms with Gasteiger partial charge in [0.2, 0.25) is 0 Å². The number of halogens is 1. The van der Waals surface area contributed by atoms with E-state index in [1.807, 2.05) is 0 Å². The number of carbonyl (C=O) groups excluding carboxylic acids is 1. The van der Waals surface area contributed by atoms with E-state index in [1.165, 1.54) is 17.5 Å². The fraction of sp³-hybridized carbons (Fsp3) is 0.154. The number of hydrogen-bond acceptors (Lipinski definition) is 4. The Balaban J connectivity index is 2.25. The second-order valence-electron chi connectivity index (χ2n) is 4.01. The topological polar surface area (TPSA) is 79.3 Å². The van der Waals surface area contributed by atoms with Crippen molar-refractivity contribution in [3.05, 3.63) is 50.9 Å². The lowest BCUT2D eigenvalue weighted by molar-refractivity contribution is -0.139. The molecule has 2 rings (SSSR count). The lowest BCUT2D eigenvalue weighted by Crippen LogP contribution is -2.33. The molecule has 0 saturated heterocycles. The zero-order chi connectivity index (χ0) is 14.7. The minimum atomic E-state index is -1.20. The van der Waals surface area contributed by atoms with E-state index in [4.69, 9.17) is 11.6 Å². The third kappa shape index (κ3) is 3.15. The van der Waals surface area contributed by atoms with Crippen molar-refractivity contribution in [2.45, 2.75) is 13.0 Å². The molecule has 1 heterocycles. The SMILES string of the molecule is Cc1ncc(C(=O)N[C@@H](C(=O)O)c2ccccc2Cl)s1. The zero-order valence-corrected chi connectivity index (χ0v) is 12.0. The number of benzene rings is 1. The molecule has 1 aromatic heterocycles. The molecule has 2 aromatic rings. The summed E-state index contributed by atoms with van der Waals surface area (Å²) in [5.74, 6) is -1.66. The predicted octanol–water partition coefficient (Wildman–Crippen LogP) is 2.66. The minimum Gasteiger partial charge on any atom is -0.479 e. The van der Waals surface area contributed by atoms with E-state index in [0.29, 0.717) is 15.5 Å². The van der Waals surface area contributed by atoms with Crippen molar-refractivity contribution in [1.82, 2.24) is 10.3 Å². The number of aromatic nitrogens is 1. The van der Waals surface area contributed by atoms with Gasteiger partial charge in [-0.1, -0.05) is 29.8 Å². The second-order valence-corrected chi connectivity index (χ2v) is 5.65. The van der Waals surface area contributed by atoms with Crippen LogP contribution in [-0.4, -0.2) is 22.0 Å². The standard InChI is InChI=1S/C13H11ClN2O3S/c1-7-15-6-10(20-7)12(17)16-11(13(18)19)8-4-2-3-5-9(8)14/h2-6,11H,1H3,(H,16,17)(H,18,19)/t11-/m1/s1.